The molecule has 0 unspecified atom stereocenters. The molecule has 1 aromatic carbocycles. The molecule has 1 heterocycles. The molecule has 0 radical (unpaired) electrons. The molecule has 2 aromatic rings. The normalized spacial score (nSPS) is 9.80. The van der Waals surface area contributed by atoms with Gasteiger partial charge in [-0.2, -0.15) is 5.26 Å². The molecule has 1 aromatic heterocycles. The van der Waals surface area contributed by atoms with Gasteiger partial charge in [0.2, 0.25) is 0 Å². The van der Waals surface area contributed by atoms with Gasteiger partial charge in [-0.05, 0) is 34.1 Å². The number of amides is 1. The molecule has 100 valence electrons. The standard InChI is InChI=1S/C12H6BrN3O3S/c13-11-4-8(6-20-11)12(17)15-9-2-1-7(5-14)3-10(9)16(18)19/h1-4,6H,(H,15,17). The van der Waals surface area contributed by atoms with Crippen molar-refractivity contribution < 1.29 is 9.72 Å². The molecule has 8 heteroatoms. The molecular weight excluding hydrogens is 346 g/mol. The first-order valence-corrected chi connectivity index (χ1v) is 6.92. The van der Waals surface area contributed by atoms with Gasteiger partial charge in [-0.1, -0.05) is 0 Å². The molecule has 0 bridgehead atoms. The lowest BCUT2D eigenvalue weighted by Gasteiger charge is -2.05. The Morgan fingerprint density at radius 2 is 2.20 bits per heavy atom. The molecule has 2 rings (SSSR count). The molecule has 20 heavy (non-hydrogen) atoms. The van der Waals surface area contributed by atoms with Crippen LogP contribution in [0.1, 0.15) is 15.9 Å². The Balaban J connectivity index is 2.32. The lowest BCUT2D eigenvalue weighted by atomic mass is 10.2. The zero-order valence-electron chi connectivity index (χ0n) is 9.79. The van der Waals surface area contributed by atoms with Crippen molar-refractivity contribution in [2.24, 2.45) is 0 Å². The SMILES string of the molecule is N#Cc1ccc(NC(=O)c2csc(Br)c2)c([N+](=O)[O-])c1. The Morgan fingerprint density at radius 1 is 1.45 bits per heavy atom. The molecule has 0 saturated carbocycles. The number of nitrogens with zero attached hydrogens (tertiary/aromatic N) is 2. The molecule has 0 aliphatic rings. The molecule has 0 aliphatic heterocycles. The summed E-state index contributed by atoms with van der Waals surface area (Å²) in [5, 5.41) is 23.8. The number of nitro groups is 1. The highest BCUT2D eigenvalue weighted by atomic mass is 79.9. The van der Waals surface area contributed by atoms with Crippen molar-refractivity contribution in [1.82, 2.24) is 0 Å². The van der Waals surface area contributed by atoms with Crippen molar-refractivity contribution in [2.45, 2.75) is 0 Å². The van der Waals surface area contributed by atoms with Crippen molar-refractivity contribution in [3.8, 4) is 6.07 Å². The molecule has 1 amide bonds. The molecule has 0 aliphatic carbocycles. The second-order valence-corrected chi connectivity index (χ2v) is 5.98. The second kappa shape index (κ2) is 5.81. The maximum absolute atomic E-state index is 11.9. The average Bonchev–Trinajstić information content (AvgIpc) is 2.85. The zero-order chi connectivity index (χ0) is 14.7. The van der Waals surface area contributed by atoms with Crippen LogP contribution >= 0.6 is 27.3 Å². The van der Waals surface area contributed by atoms with Crippen LogP contribution < -0.4 is 5.32 Å². The fraction of sp³-hybridized carbons (Fsp3) is 0. The quantitative estimate of drug-likeness (QED) is 0.675. The minimum Gasteiger partial charge on any atom is -0.316 e. The van der Waals surface area contributed by atoms with Gasteiger partial charge in [-0.25, -0.2) is 0 Å². The maximum atomic E-state index is 11.9. The lowest BCUT2D eigenvalue weighted by molar-refractivity contribution is -0.383. The number of nitro benzene ring substituents is 1. The average molecular weight is 352 g/mol. The van der Waals surface area contributed by atoms with E-state index in [-0.39, 0.29) is 16.9 Å². The lowest BCUT2D eigenvalue weighted by Crippen LogP contribution is -2.12. The molecule has 0 atom stereocenters. The summed E-state index contributed by atoms with van der Waals surface area (Å²) in [7, 11) is 0. The van der Waals surface area contributed by atoms with Crippen LogP contribution in [0.15, 0.2) is 33.4 Å². The van der Waals surface area contributed by atoms with Crippen LogP contribution in [0.25, 0.3) is 0 Å². The van der Waals surface area contributed by atoms with Crippen molar-refractivity contribution >= 4 is 44.5 Å². The third-order valence-corrected chi connectivity index (χ3v) is 3.91. The van der Waals surface area contributed by atoms with Crippen LogP contribution in [0.5, 0.6) is 0 Å². The van der Waals surface area contributed by atoms with E-state index >= 15 is 0 Å². The van der Waals surface area contributed by atoms with E-state index in [2.05, 4.69) is 21.2 Å². The van der Waals surface area contributed by atoms with Gasteiger partial charge in [-0.15, -0.1) is 11.3 Å². The second-order valence-electron chi connectivity index (χ2n) is 3.69. The van der Waals surface area contributed by atoms with Gasteiger partial charge < -0.3 is 5.32 Å². The van der Waals surface area contributed by atoms with E-state index in [9.17, 15) is 14.9 Å². The Hall–Kier alpha value is -2.24. The molecule has 1 N–H and O–H groups in total. The van der Waals surface area contributed by atoms with Crippen molar-refractivity contribution in [3.05, 3.63) is 54.7 Å². The van der Waals surface area contributed by atoms with E-state index in [1.807, 2.05) is 6.07 Å². The summed E-state index contributed by atoms with van der Waals surface area (Å²) in [6, 6.07) is 7.31. The van der Waals surface area contributed by atoms with Crippen LogP contribution in [0.3, 0.4) is 0 Å². The van der Waals surface area contributed by atoms with E-state index in [1.165, 1.54) is 23.5 Å². The fourth-order valence-electron chi connectivity index (χ4n) is 1.48. The van der Waals surface area contributed by atoms with Crippen molar-refractivity contribution in [3.63, 3.8) is 0 Å². The third-order valence-electron chi connectivity index (χ3n) is 2.40. The Kier molecular flexibility index (Phi) is 4.12. The summed E-state index contributed by atoms with van der Waals surface area (Å²) < 4.78 is 0.789. The van der Waals surface area contributed by atoms with E-state index < -0.39 is 10.8 Å². The number of benzene rings is 1. The van der Waals surface area contributed by atoms with E-state index in [0.29, 0.717) is 5.56 Å². The van der Waals surface area contributed by atoms with Gasteiger partial charge in [0.1, 0.15) is 5.69 Å². The van der Waals surface area contributed by atoms with Crippen molar-refractivity contribution in [1.29, 1.82) is 5.26 Å². The largest absolute Gasteiger partial charge is 0.316 e. The highest BCUT2D eigenvalue weighted by molar-refractivity contribution is 9.11. The smallest absolute Gasteiger partial charge is 0.294 e. The highest BCUT2D eigenvalue weighted by Crippen LogP contribution is 2.27. The Labute approximate surface area is 125 Å². The minimum absolute atomic E-state index is 0.0568. The number of rotatable bonds is 3. The molecule has 0 saturated heterocycles. The maximum Gasteiger partial charge on any atom is 0.294 e. The van der Waals surface area contributed by atoms with Crippen LogP contribution in [0.2, 0.25) is 0 Å². The first-order chi connectivity index (χ1) is 9.51. The first-order valence-electron chi connectivity index (χ1n) is 5.25. The number of hydrogen-bond donors (Lipinski definition) is 1. The number of nitrogens with one attached hydrogen (secondary N) is 1. The molecule has 0 spiro atoms. The summed E-state index contributed by atoms with van der Waals surface area (Å²) in [6.07, 6.45) is 0. The van der Waals surface area contributed by atoms with Gasteiger partial charge in [0, 0.05) is 11.4 Å². The minimum atomic E-state index is -0.639. The number of thiophene rings is 1. The van der Waals surface area contributed by atoms with Crippen molar-refractivity contribution in [2.75, 3.05) is 5.32 Å². The number of nitriles is 1. The van der Waals surface area contributed by atoms with Crippen LogP contribution in [0, 0.1) is 21.4 Å². The summed E-state index contributed by atoms with van der Waals surface area (Å²) in [4.78, 5) is 22.3. The number of carbonyl (C=O) groups is 1. The summed E-state index contributed by atoms with van der Waals surface area (Å²) in [5.74, 6) is -0.445. The topological polar surface area (TPSA) is 96.0 Å². The predicted molar refractivity (Wildman–Crippen MR) is 77.8 cm³/mol. The number of halogens is 1. The van der Waals surface area contributed by atoms with E-state index in [1.54, 1.807) is 11.4 Å². The number of carbonyl (C=O) groups excluding carboxylic acids is 1. The Bertz CT molecular complexity index is 736. The van der Waals surface area contributed by atoms with Gasteiger partial charge in [0.15, 0.2) is 0 Å². The number of anilines is 1. The van der Waals surface area contributed by atoms with Gasteiger partial charge in [0.05, 0.1) is 25.9 Å². The highest BCUT2D eigenvalue weighted by Gasteiger charge is 2.18. The summed E-state index contributed by atoms with van der Waals surface area (Å²) in [5.41, 5.74) is 0.307. The van der Waals surface area contributed by atoms with Crippen LogP contribution in [0.4, 0.5) is 11.4 Å². The van der Waals surface area contributed by atoms with Gasteiger partial charge in [0.25, 0.3) is 11.6 Å². The van der Waals surface area contributed by atoms with Crippen LogP contribution in [-0.4, -0.2) is 10.8 Å². The van der Waals surface area contributed by atoms with Gasteiger partial charge in [-0.3, -0.25) is 14.9 Å². The van der Waals surface area contributed by atoms with E-state index in [4.69, 9.17) is 5.26 Å². The number of hydrogen-bond acceptors (Lipinski definition) is 5. The van der Waals surface area contributed by atoms with Gasteiger partial charge >= 0.3 is 0 Å². The molecule has 6 nitrogen and oxygen atoms in total. The Morgan fingerprint density at radius 3 is 2.75 bits per heavy atom. The molecule has 0 fully saturated rings. The van der Waals surface area contributed by atoms with Crippen LogP contribution in [-0.2, 0) is 0 Å². The third kappa shape index (κ3) is 3.01. The van der Waals surface area contributed by atoms with E-state index in [0.717, 1.165) is 9.85 Å². The monoisotopic (exact) mass is 351 g/mol. The summed E-state index contributed by atoms with van der Waals surface area (Å²) >= 11 is 4.58. The molecular formula is C12H6BrN3O3S. The fourth-order valence-corrected chi connectivity index (χ4v) is 2.62. The first kappa shape index (κ1) is 14.2. The summed E-state index contributed by atoms with van der Waals surface area (Å²) in [6.45, 7) is 0. The predicted octanol–water partition coefficient (Wildman–Crippen LogP) is 3.54. The zero-order valence-corrected chi connectivity index (χ0v) is 12.2.